The van der Waals surface area contributed by atoms with Crippen LogP contribution in [-0.4, -0.2) is 17.7 Å². The van der Waals surface area contributed by atoms with Crippen LogP contribution in [0.15, 0.2) is 23.3 Å². The topological polar surface area (TPSA) is 50.7 Å². The van der Waals surface area contributed by atoms with Gasteiger partial charge in [-0.1, -0.05) is 23.7 Å². The molecule has 0 fully saturated rings. The Bertz CT molecular complexity index is 444. The monoisotopic (exact) mass is 254 g/mol. The number of aryl methyl sites for hydroxylation is 1. The number of ether oxygens (including phenoxy) is 1. The Morgan fingerprint density at radius 2 is 2.18 bits per heavy atom. The van der Waals surface area contributed by atoms with Gasteiger partial charge in [-0.3, -0.25) is 5.43 Å². The zero-order valence-corrected chi connectivity index (χ0v) is 10.8. The second-order valence-electron chi connectivity index (χ2n) is 3.48. The molecular formula is C12H15ClN2O2. The fraction of sp³-hybridized carbons (Fsp3) is 0.333. The predicted octanol–water partition coefficient (Wildman–Crippen LogP) is 2.83. The van der Waals surface area contributed by atoms with Crippen LogP contribution in [0.5, 0.6) is 0 Å². The Hall–Kier alpha value is -1.55. The number of carbonyl (C=O) groups is 1. The first-order chi connectivity index (χ1) is 8.06. The van der Waals surface area contributed by atoms with E-state index in [2.05, 4.69) is 10.5 Å². The van der Waals surface area contributed by atoms with Gasteiger partial charge in [-0.25, -0.2) is 4.79 Å². The molecule has 0 spiro atoms. The number of hydrogen-bond donors (Lipinski definition) is 1. The van der Waals surface area contributed by atoms with Crippen molar-refractivity contribution in [1.82, 2.24) is 0 Å². The molecule has 5 heteroatoms. The quantitative estimate of drug-likeness (QED) is 0.511. The van der Waals surface area contributed by atoms with Gasteiger partial charge in [0, 0.05) is 0 Å². The van der Waals surface area contributed by atoms with E-state index in [1.165, 1.54) is 0 Å². The third kappa shape index (κ3) is 3.75. The summed E-state index contributed by atoms with van der Waals surface area (Å²) in [7, 11) is 0. The van der Waals surface area contributed by atoms with Crippen molar-refractivity contribution in [2.24, 2.45) is 5.10 Å². The predicted molar refractivity (Wildman–Crippen MR) is 69.5 cm³/mol. The van der Waals surface area contributed by atoms with E-state index in [9.17, 15) is 4.79 Å². The maximum Gasteiger partial charge on any atom is 0.370 e. The Kier molecular flexibility index (Phi) is 4.97. The SMILES string of the molecule is CCOC(=O)C(Cl)=NNc1cccc(C)c1C. The van der Waals surface area contributed by atoms with Crippen LogP contribution in [0.3, 0.4) is 0 Å². The van der Waals surface area contributed by atoms with E-state index in [4.69, 9.17) is 16.3 Å². The molecule has 1 rings (SSSR count). The fourth-order valence-electron chi connectivity index (χ4n) is 1.22. The van der Waals surface area contributed by atoms with Gasteiger partial charge < -0.3 is 4.74 Å². The largest absolute Gasteiger partial charge is 0.461 e. The Morgan fingerprint density at radius 3 is 2.82 bits per heavy atom. The maximum absolute atomic E-state index is 11.2. The molecule has 0 heterocycles. The highest BCUT2D eigenvalue weighted by Gasteiger charge is 2.09. The summed E-state index contributed by atoms with van der Waals surface area (Å²) in [5.74, 6) is -0.632. The summed E-state index contributed by atoms with van der Waals surface area (Å²) < 4.78 is 4.70. The fourth-order valence-corrected chi connectivity index (χ4v) is 1.31. The van der Waals surface area contributed by atoms with Crippen LogP contribution in [0.4, 0.5) is 5.69 Å². The molecule has 0 saturated carbocycles. The minimum absolute atomic E-state index is 0.215. The van der Waals surface area contributed by atoms with E-state index in [1.807, 2.05) is 32.0 Å². The lowest BCUT2D eigenvalue weighted by Crippen LogP contribution is -2.13. The lowest BCUT2D eigenvalue weighted by atomic mass is 10.1. The minimum Gasteiger partial charge on any atom is -0.461 e. The van der Waals surface area contributed by atoms with Crippen molar-refractivity contribution in [1.29, 1.82) is 0 Å². The first-order valence-electron chi connectivity index (χ1n) is 5.28. The molecular weight excluding hydrogens is 240 g/mol. The molecule has 0 aliphatic heterocycles. The summed E-state index contributed by atoms with van der Waals surface area (Å²) in [4.78, 5) is 11.2. The highest BCUT2D eigenvalue weighted by molar-refractivity contribution is 6.82. The van der Waals surface area contributed by atoms with E-state index in [-0.39, 0.29) is 11.8 Å². The molecule has 4 nitrogen and oxygen atoms in total. The molecule has 17 heavy (non-hydrogen) atoms. The van der Waals surface area contributed by atoms with Gasteiger partial charge >= 0.3 is 5.97 Å². The number of nitrogens with zero attached hydrogens (tertiary/aromatic N) is 1. The molecule has 0 aliphatic rings. The normalized spacial score (nSPS) is 11.2. The number of benzene rings is 1. The van der Waals surface area contributed by atoms with E-state index in [0.717, 1.165) is 16.8 Å². The Balaban J connectivity index is 2.75. The van der Waals surface area contributed by atoms with Crippen LogP contribution >= 0.6 is 11.6 Å². The molecule has 1 aromatic rings. The number of nitrogens with one attached hydrogen (secondary N) is 1. The second kappa shape index (κ2) is 6.25. The standard InChI is InChI=1S/C12H15ClN2O2/c1-4-17-12(16)11(13)15-14-10-7-5-6-8(2)9(10)3/h5-7,14H,4H2,1-3H3. The molecule has 0 radical (unpaired) electrons. The van der Waals surface area contributed by atoms with Crippen LogP contribution in [-0.2, 0) is 9.53 Å². The van der Waals surface area contributed by atoms with Crippen LogP contribution in [0, 0.1) is 13.8 Å². The third-order valence-electron chi connectivity index (χ3n) is 2.32. The highest BCUT2D eigenvalue weighted by atomic mass is 35.5. The van der Waals surface area contributed by atoms with Crippen molar-refractivity contribution in [3.63, 3.8) is 0 Å². The third-order valence-corrected chi connectivity index (χ3v) is 2.56. The van der Waals surface area contributed by atoms with Gasteiger partial charge in [-0.15, -0.1) is 0 Å². The van der Waals surface area contributed by atoms with Crippen LogP contribution in [0.1, 0.15) is 18.1 Å². The van der Waals surface area contributed by atoms with E-state index in [1.54, 1.807) is 6.92 Å². The van der Waals surface area contributed by atoms with Crippen molar-refractivity contribution < 1.29 is 9.53 Å². The number of rotatable bonds is 4. The zero-order valence-electron chi connectivity index (χ0n) is 10.1. The van der Waals surface area contributed by atoms with Gasteiger partial charge in [0.05, 0.1) is 12.3 Å². The van der Waals surface area contributed by atoms with Crippen LogP contribution < -0.4 is 5.43 Å². The average Bonchev–Trinajstić information content (AvgIpc) is 2.31. The highest BCUT2D eigenvalue weighted by Crippen LogP contribution is 2.17. The number of halogens is 1. The Morgan fingerprint density at radius 1 is 1.47 bits per heavy atom. The minimum atomic E-state index is -0.632. The first-order valence-corrected chi connectivity index (χ1v) is 5.66. The zero-order chi connectivity index (χ0) is 12.8. The number of carbonyl (C=O) groups excluding carboxylic acids is 1. The lowest BCUT2D eigenvalue weighted by molar-refractivity contribution is -0.134. The van der Waals surface area contributed by atoms with Crippen molar-refractivity contribution in [2.75, 3.05) is 12.0 Å². The molecule has 0 amide bonds. The van der Waals surface area contributed by atoms with Gasteiger partial charge in [0.1, 0.15) is 0 Å². The molecule has 92 valence electrons. The molecule has 0 saturated heterocycles. The van der Waals surface area contributed by atoms with Crippen molar-refractivity contribution >= 4 is 28.4 Å². The second-order valence-corrected chi connectivity index (χ2v) is 3.84. The van der Waals surface area contributed by atoms with Gasteiger partial charge in [-0.2, -0.15) is 5.10 Å². The van der Waals surface area contributed by atoms with Crippen molar-refractivity contribution in [3.8, 4) is 0 Å². The smallest absolute Gasteiger partial charge is 0.370 e. The van der Waals surface area contributed by atoms with Crippen molar-refractivity contribution in [3.05, 3.63) is 29.3 Å². The van der Waals surface area contributed by atoms with Gasteiger partial charge in [0.25, 0.3) is 0 Å². The van der Waals surface area contributed by atoms with Crippen LogP contribution in [0.25, 0.3) is 0 Å². The Labute approximate surface area is 106 Å². The first kappa shape index (κ1) is 13.5. The van der Waals surface area contributed by atoms with Gasteiger partial charge in [0.2, 0.25) is 5.17 Å². The average molecular weight is 255 g/mol. The maximum atomic E-state index is 11.2. The van der Waals surface area contributed by atoms with Crippen molar-refractivity contribution in [2.45, 2.75) is 20.8 Å². The summed E-state index contributed by atoms with van der Waals surface area (Å²) in [5, 5.41) is 3.56. The summed E-state index contributed by atoms with van der Waals surface area (Å²) in [5.41, 5.74) is 5.76. The molecule has 1 aromatic carbocycles. The molecule has 1 N–H and O–H groups in total. The van der Waals surface area contributed by atoms with Gasteiger partial charge in [-0.05, 0) is 38.0 Å². The van der Waals surface area contributed by atoms with Crippen LogP contribution in [0.2, 0.25) is 0 Å². The van der Waals surface area contributed by atoms with E-state index < -0.39 is 5.97 Å². The van der Waals surface area contributed by atoms with Gasteiger partial charge in [0.15, 0.2) is 0 Å². The molecule has 0 bridgehead atoms. The number of hydrazone groups is 1. The molecule has 0 unspecified atom stereocenters. The molecule has 0 atom stereocenters. The van der Waals surface area contributed by atoms with E-state index >= 15 is 0 Å². The van der Waals surface area contributed by atoms with E-state index in [0.29, 0.717) is 0 Å². The lowest BCUT2D eigenvalue weighted by Gasteiger charge is -2.07. The molecule has 0 aliphatic carbocycles. The number of anilines is 1. The molecule has 0 aromatic heterocycles. The number of hydrogen-bond acceptors (Lipinski definition) is 4. The summed E-state index contributed by atoms with van der Waals surface area (Å²) >= 11 is 5.67. The number of esters is 1. The summed E-state index contributed by atoms with van der Waals surface area (Å²) in [6.45, 7) is 5.94. The summed E-state index contributed by atoms with van der Waals surface area (Å²) in [6.07, 6.45) is 0. The summed E-state index contributed by atoms with van der Waals surface area (Å²) in [6, 6.07) is 5.76.